The van der Waals surface area contributed by atoms with E-state index in [0.29, 0.717) is 0 Å². The Morgan fingerprint density at radius 3 is 1.83 bits per heavy atom. The van der Waals surface area contributed by atoms with Gasteiger partial charge in [0.1, 0.15) is 6.10 Å². The normalized spacial score (nSPS) is 12.0. The molecule has 3 nitrogen and oxygen atoms in total. The molecule has 0 aliphatic heterocycles. The van der Waals surface area contributed by atoms with Crippen molar-refractivity contribution in [2.45, 2.75) is 32.7 Å². The lowest BCUT2D eigenvalue weighted by Crippen LogP contribution is -2.30. The van der Waals surface area contributed by atoms with Gasteiger partial charge >= 0.3 is 5.91 Å². The fourth-order valence-corrected chi connectivity index (χ4v) is 3.44. The zero-order chi connectivity index (χ0) is 17.6. The minimum Gasteiger partial charge on any atom is -0.404 e. The predicted molar refractivity (Wildman–Crippen MR) is 102 cm³/mol. The van der Waals surface area contributed by atoms with Gasteiger partial charge in [-0.1, -0.05) is 42.3 Å². The van der Waals surface area contributed by atoms with Gasteiger partial charge in [0.2, 0.25) is 0 Å². The van der Waals surface area contributed by atoms with Crippen LogP contribution in [0.2, 0.25) is 19.6 Å². The minimum atomic E-state index is -1.67. The second kappa shape index (κ2) is 7.96. The smallest absolute Gasteiger partial charge is 0.307 e. The quantitative estimate of drug-likeness (QED) is 0.603. The van der Waals surface area contributed by atoms with Crippen molar-refractivity contribution in [2.75, 3.05) is 4.90 Å². The highest BCUT2D eigenvalue weighted by Gasteiger charge is 2.18. The van der Waals surface area contributed by atoms with Gasteiger partial charge in [0.15, 0.2) is 8.32 Å². The number of amides is 1. The Hall–Kier alpha value is -2.35. The van der Waals surface area contributed by atoms with E-state index in [4.69, 9.17) is 4.43 Å². The molecular formula is C20H23NO2Si. The molecule has 0 bridgehead atoms. The number of carbonyl (C=O) groups is 1. The molecule has 0 aliphatic carbocycles. The van der Waals surface area contributed by atoms with E-state index in [1.165, 1.54) is 0 Å². The fraction of sp³-hybridized carbons (Fsp3) is 0.250. The predicted octanol–water partition coefficient (Wildman–Crippen LogP) is 4.59. The maximum Gasteiger partial charge on any atom is 0.307 e. The maximum absolute atomic E-state index is 12.7. The van der Waals surface area contributed by atoms with Crippen molar-refractivity contribution in [1.29, 1.82) is 0 Å². The Labute approximate surface area is 145 Å². The summed E-state index contributed by atoms with van der Waals surface area (Å²) >= 11 is 0. The van der Waals surface area contributed by atoms with Crippen LogP contribution in [0.4, 0.5) is 11.4 Å². The SMILES string of the molecule is C[C@H](C#CC(=O)N(c1ccccc1)c1ccccc1)O[Si](C)(C)C. The summed E-state index contributed by atoms with van der Waals surface area (Å²) < 4.78 is 5.87. The van der Waals surface area contributed by atoms with Crippen molar-refractivity contribution in [2.24, 2.45) is 0 Å². The molecule has 0 saturated heterocycles. The third-order valence-electron chi connectivity index (χ3n) is 3.14. The fourth-order valence-electron chi connectivity index (χ4n) is 2.32. The first-order valence-corrected chi connectivity index (χ1v) is 11.4. The van der Waals surface area contributed by atoms with Crippen LogP contribution in [0.5, 0.6) is 0 Å². The first-order valence-electron chi connectivity index (χ1n) is 8.00. The molecule has 0 N–H and O–H groups in total. The molecule has 1 atom stereocenters. The van der Waals surface area contributed by atoms with Crippen molar-refractivity contribution in [3.8, 4) is 11.8 Å². The van der Waals surface area contributed by atoms with Gasteiger partial charge in [-0.3, -0.25) is 9.69 Å². The summed E-state index contributed by atoms with van der Waals surface area (Å²) in [6.07, 6.45) is -0.256. The lowest BCUT2D eigenvalue weighted by Gasteiger charge is -2.21. The van der Waals surface area contributed by atoms with Crippen LogP contribution in [0.1, 0.15) is 6.92 Å². The summed E-state index contributed by atoms with van der Waals surface area (Å²) in [6, 6.07) is 19.1. The minimum absolute atomic E-state index is 0.256. The molecule has 0 saturated carbocycles. The van der Waals surface area contributed by atoms with Gasteiger partial charge in [-0.05, 0) is 56.8 Å². The van der Waals surface area contributed by atoms with E-state index in [1.54, 1.807) is 4.90 Å². The lowest BCUT2D eigenvalue weighted by atomic mass is 10.2. The van der Waals surface area contributed by atoms with Gasteiger partial charge in [-0.25, -0.2) is 0 Å². The number of hydrogen-bond acceptors (Lipinski definition) is 2. The van der Waals surface area contributed by atoms with Gasteiger partial charge in [0, 0.05) is 11.4 Å². The van der Waals surface area contributed by atoms with Gasteiger partial charge in [-0.15, -0.1) is 0 Å². The molecule has 0 heterocycles. The summed E-state index contributed by atoms with van der Waals surface area (Å²) in [4.78, 5) is 14.3. The number of carbonyl (C=O) groups excluding carboxylic acids is 1. The van der Waals surface area contributed by atoms with Gasteiger partial charge in [0.05, 0.1) is 0 Å². The molecule has 124 valence electrons. The topological polar surface area (TPSA) is 29.5 Å². The highest BCUT2D eigenvalue weighted by molar-refractivity contribution is 6.69. The Balaban J connectivity index is 2.27. The Bertz CT molecular complexity index is 687. The average Bonchev–Trinajstić information content (AvgIpc) is 2.54. The van der Waals surface area contributed by atoms with Crippen LogP contribution in [0.3, 0.4) is 0 Å². The molecule has 0 aromatic heterocycles. The van der Waals surface area contributed by atoms with Crippen LogP contribution in [0, 0.1) is 11.8 Å². The summed E-state index contributed by atoms with van der Waals surface area (Å²) in [7, 11) is -1.67. The largest absolute Gasteiger partial charge is 0.404 e. The highest BCUT2D eigenvalue weighted by atomic mass is 28.4. The summed E-state index contributed by atoms with van der Waals surface area (Å²) in [5.74, 6) is 5.40. The van der Waals surface area contributed by atoms with Crippen LogP contribution >= 0.6 is 0 Å². The van der Waals surface area contributed by atoms with E-state index >= 15 is 0 Å². The number of rotatable bonds is 4. The first-order chi connectivity index (χ1) is 11.4. The van der Waals surface area contributed by atoms with Crippen molar-refractivity contribution < 1.29 is 9.22 Å². The number of hydrogen-bond donors (Lipinski definition) is 0. The molecule has 0 radical (unpaired) electrons. The van der Waals surface area contributed by atoms with Gasteiger partial charge < -0.3 is 4.43 Å². The summed E-state index contributed by atoms with van der Waals surface area (Å²) in [5, 5.41) is 0. The molecule has 0 spiro atoms. The van der Waals surface area contributed by atoms with Gasteiger partial charge in [0.25, 0.3) is 0 Å². The molecule has 2 aromatic rings. The Morgan fingerprint density at radius 1 is 0.958 bits per heavy atom. The second-order valence-corrected chi connectivity index (χ2v) is 10.9. The molecule has 0 fully saturated rings. The summed E-state index contributed by atoms with van der Waals surface area (Å²) in [5.41, 5.74) is 1.59. The van der Waals surface area contributed by atoms with Crippen molar-refractivity contribution in [3.63, 3.8) is 0 Å². The number of para-hydroxylation sites is 2. The Morgan fingerprint density at radius 2 is 1.42 bits per heavy atom. The van der Waals surface area contributed by atoms with Crippen LogP contribution in [0.15, 0.2) is 60.7 Å². The highest BCUT2D eigenvalue weighted by Crippen LogP contribution is 2.24. The molecule has 4 heteroatoms. The standard InChI is InChI=1S/C20H23NO2Si/c1-17(23-24(2,3)4)15-16-20(22)21(18-11-7-5-8-12-18)19-13-9-6-10-14-19/h5-14,17H,1-4H3/t17-/m1/s1. The molecular weight excluding hydrogens is 314 g/mol. The van der Waals surface area contributed by atoms with Crippen LogP contribution in [-0.4, -0.2) is 20.3 Å². The Kier molecular flexibility index (Phi) is 5.97. The maximum atomic E-state index is 12.7. The molecule has 1 amide bonds. The lowest BCUT2D eigenvalue weighted by molar-refractivity contribution is -0.112. The molecule has 2 aromatic carbocycles. The van der Waals surface area contributed by atoms with Crippen molar-refractivity contribution >= 4 is 25.6 Å². The number of anilines is 2. The number of benzene rings is 2. The molecule has 24 heavy (non-hydrogen) atoms. The van der Waals surface area contributed by atoms with Crippen molar-refractivity contribution in [1.82, 2.24) is 0 Å². The van der Waals surface area contributed by atoms with Crippen LogP contribution in [-0.2, 0) is 9.22 Å². The zero-order valence-electron chi connectivity index (χ0n) is 14.6. The van der Waals surface area contributed by atoms with Crippen molar-refractivity contribution in [3.05, 3.63) is 60.7 Å². The third-order valence-corrected chi connectivity index (χ3v) is 4.21. The van der Waals surface area contributed by atoms with E-state index in [-0.39, 0.29) is 12.0 Å². The third kappa shape index (κ3) is 5.38. The van der Waals surface area contributed by atoms with E-state index in [2.05, 4.69) is 31.5 Å². The summed E-state index contributed by atoms with van der Waals surface area (Å²) in [6.45, 7) is 8.20. The molecule has 2 rings (SSSR count). The van der Waals surface area contributed by atoms with Crippen LogP contribution in [0.25, 0.3) is 0 Å². The van der Waals surface area contributed by atoms with E-state index < -0.39 is 8.32 Å². The van der Waals surface area contributed by atoms with E-state index in [0.717, 1.165) is 11.4 Å². The number of nitrogens with zero attached hydrogens (tertiary/aromatic N) is 1. The average molecular weight is 337 g/mol. The molecule has 0 aliphatic rings. The second-order valence-electron chi connectivity index (χ2n) is 6.45. The van der Waals surface area contributed by atoms with E-state index in [9.17, 15) is 4.79 Å². The monoisotopic (exact) mass is 337 g/mol. The zero-order valence-corrected chi connectivity index (χ0v) is 15.6. The first kappa shape index (κ1) is 18.0. The molecule has 0 unspecified atom stereocenters. The van der Waals surface area contributed by atoms with Crippen LogP contribution < -0.4 is 4.90 Å². The van der Waals surface area contributed by atoms with E-state index in [1.807, 2.05) is 67.6 Å². The van der Waals surface area contributed by atoms with Gasteiger partial charge in [-0.2, -0.15) is 0 Å².